The topological polar surface area (TPSA) is 124 Å². The maximum absolute atomic E-state index is 13.2. The largest absolute Gasteiger partial charge is 0.416 e. The van der Waals surface area contributed by atoms with Gasteiger partial charge in [-0.05, 0) is 24.3 Å². The van der Waals surface area contributed by atoms with Crippen LogP contribution in [0.4, 0.5) is 36.1 Å². The molecule has 0 radical (unpaired) electrons. The molecule has 0 spiro atoms. The molecule has 0 amide bonds. The van der Waals surface area contributed by atoms with Crippen molar-refractivity contribution in [3.63, 3.8) is 0 Å². The number of alkyl halides is 3. The molecule has 9 nitrogen and oxygen atoms in total. The summed E-state index contributed by atoms with van der Waals surface area (Å²) in [6.45, 7) is 0. The third-order valence-corrected chi connectivity index (χ3v) is 4.66. The second kappa shape index (κ2) is 8.15. The van der Waals surface area contributed by atoms with Crippen molar-refractivity contribution in [2.75, 3.05) is 5.32 Å². The molecule has 1 N–H and O–H groups in total. The lowest BCUT2D eigenvalue weighted by Crippen LogP contribution is -2.05. The molecular formula is C21H12F3N5O4. The van der Waals surface area contributed by atoms with Crippen molar-refractivity contribution in [1.29, 1.82) is 0 Å². The molecule has 0 aliphatic carbocycles. The number of fused-ring (bicyclic) bond motifs is 1. The Bertz CT molecular complexity index is 1410. The van der Waals surface area contributed by atoms with E-state index in [-0.39, 0.29) is 45.2 Å². The number of hydrogen-bond donors (Lipinski definition) is 1. The number of anilines is 2. The molecule has 12 heteroatoms. The van der Waals surface area contributed by atoms with Gasteiger partial charge in [0.15, 0.2) is 5.82 Å². The van der Waals surface area contributed by atoms with Crippen molar-refractivity contribution in [3.05, 3.63) is 92.5 Å². The van der Waals surface area contributed by atoms with Gasteiger partial charge in [0.25, 0.3) is 11.4 Å². The maximum Gasteiger partial charge on any atom is 0.416 e. The van der Waals surface area contributed by atoms with Crippen LogP contribution in [0.25, 0.3) is 22.3 Å². The van der Waals surface area contributed by atoms with Crippen molar-refractivity contribution in [2.24, 2.45) is 0 Å². The summed E-state index contributed by atoms with van der Waals surface area (Å²) >= 11 is 0. The molecule has 0 bridgehead atoms. The van der Waals surface area contributed by atoms with E-state index >= 15 is 0 Å². The van der Waals surface area contributed by atoms with Gasteiger partial charge in [-0.25, -0.2) is 9.97 Å². The minimum absolute atomic E-state index is 0.0385. The van der Waals surface area contributed by atoms with Crippen LogP contribution in [0.2, 0.25) is 0 Å². The second-order valence-corrected chi connectivity index (χ2v) is 6.87. The van der Waals surface area contributed by atoms with Crippen molar-refractivity contribution < 1.29 is 23.0 Å². The molecule has 0 aliphatic rings. The molecule has 3 aromatic carbocycles. The molecule has 0 atom stereocenters. The van der Waals surface area contributed by atoms with Crippen LogP contribution in [0.15, 0.2) is 66.7 Å². The van der Waals surface area contributed by atoms with E-state index in [1.807, 2.05) is 0 Å². The Hall–Kier alpha value is -4.61. The lowest BCUT2D eigenvalue weighted by Gasteiger charge is -2.12. The predicted octanol–water partition coefficient (Wildman–Crippen LogP) is 5.88. The standard InChI is InChI=1S/C21H12F3N5O4/c22-21(23,24)13-4-1-3-12(9-13)19-26-18-8-7-16(29(32)33)11-17(18)20(27-19)25-14-5-2-6-15(10-14)28(30)31/h1-11H,(H,25,26,27). The molecule has 1 heterocycles. The molecule has 0 fully saturated rings. The van der Waals surface area contributed by atoms with Gasteiger partial charge in [-0.1, -0.05) is 18.2 Å². The van der Waals surface area contributed by atoms with Crippen LogP contribution in [-0.2, 0) is 6.18 Å². The molecule has 0 unspecified atom stereocenters. The number of nitro benzene ring substituents is 2. The lowest BCUT2D eigenvalue weighted by molar-refractivity contribution is -0.384. The van der Waals surface area contributed by atoms with E-state index in [0.29, 0.717) is 0 Å². The predicted molar refractivity (Wildman–Crippen MR) is 113 cm³/mol. The summed E-state index contributed by atoms with van der Waals surface area (Å²) in [7, 11) is 0. The Labute approximate surface area is 182 Å². The van der Waals surface area contributed by atoms with E-state index in [0.717, 1.165) is 12.1 Å². The first-order valence-corrected chi connectivity index (χ1v) is 9.27. The minimum atomic E-state index is -4.57. The Morgan fingerprint density at radius 2 is 1.52 bits per heavy atom. The van der Waals surface area contributed by atoms with Crippen LogP contribution in [0.3, 0.4) is 0 Å². The van der Waals surface area contributed by atoms with Gasteiger partial charge in [-0.2, -0.15) is 13.2 Å². The number of hydrogen-bond acceptors (Lipinski definition) is 7. The number of nitrogens with zero attached hydrogens (tertiary/aromatic N) is 4. The molecular weight excluding hydrogens is 443 g/mol. The first-order chi connectivity index (χ1) is 15.6. The number of nitro groups is 2. The highest BCUT2D eigenvalue weighted by molar-refractivity contribution is 5.93. The smallest absolute Gasteiger partial charge is 0.339 e. The Morgan fingerprint density at radius 1 is 0.818 bits per heavy atom. The van der Waals surface area contributed by atoms with E-state index in [4.69, 9.17) is 0 Å². The zero-order valence-corrected chi connectivity index (χ0v) is 16.4. The van der Waals surface area contributed by atoms with Gasteiger partial charge in [0.1, 0.15) is 5.82 Å². The second-order valence-electron chi connectivity index (χ2n) is 6.87. The monoisotopic (exact) mass is 455 g/mol. The van der Waals surface area contributed by atoms with Crippen LogP contribution in [-0.4, -0.2) is 19.8 Å². The highest BCUT2D eigenvalue weighted by Crippen LogP contribution is 2.34. The van der Waals surface area contributed by atoms with Crippen LogP contribution >= 0.6 is 0 Å². The fourth-order valence-electron chi connectivity index (χ4n) is 3.12. The SMILES string of the molecule is O=[N+]([O-])c1cccc(Nc2nc(-c3cccc(C(F)(F)F)c3)nc3ccc([N+](=O)[O-])cc23)c1. The number of non-ortho nitro benzene ring substituents is 2. The molecule has 4 aromatic rings. The Kier molecular flexibility index (Phi) is 5.34. The van der Waals surface area contributed by atoms with Gasteiger partial charge >= 0.3 is 6.18 Å². The van der Waals surface area contributed by atoms with Crippen LogP contribution in [0.5, 0.6) is 0 Å². The summed E-state index contributed by atoms with van der Waals surface area (Å²) in [5.74, 6) is -0.0213. The highest BCUT2D eigenvalue weighted by Gasteiger charge is 2.30. The van der Waals surface area contributed by atoms with E-state index in [1.165, 1.54) is 54.6 Å². The van der Waals surface area contributed by atoms with E-state index in [9.17, 15) is 33.4 Å². The lowest BCUT2D eigenvalue weighted by atomic mass is 10.1. The van der Waals surface area contributed by atoms with Gasteiger partial charge in [-0.15, -0.1) is 0 Å². The third kappa shape index (κ3) is 4.54. The number of aromatic nitrogens is 2. The maximum atomic E-state index is 13.2. The molecule has 0 aliphatic heterocycles. The summed E-state index contributed by atoms with van der Waals surface area (Å²) < 4.78 is 39.5. The zero-order valence-electron chi connectivity index (χ0n) is 16.4. The van der Waals surface area contributed by atoms with Crippen molar-refractivity contribution >= 4 is 33.8 Å². The van der Waals surface area contributed by atoms with Crippen molar-refractivity contribution in [1.82, 2.24) is 9.97 Å². The van der Waals surface area contributed by atoms with E-state index in [2.05, 4.69) is 15.3 Å². The fraction of sp³-hybridized carbons (Fsp3) is 0.0476. The number of halogens is 3. The van der Waals surface area contributed by atoms with Gasteiger partial charge < -0.3 is 5.32 Å². The molecule has 33 heavy (non-hydrogen) atoms. The van der Waals surface area contributed by atoms with Gasteiger partial charge in [0.2, 0.25) is 0 Å². The van der Waals surface area contributed by atoms with Gasteiger partial charge in [0.05, 0.1) is 20.9 Å². The van der Waals surface area contributed by atoms with Crippen molar-refractivity contribution in [3.8, 4) is 11.4 Å². The van der Waals surface area contributed by atoms with Crippen LogP contribution in [0.1, 0.15) is 5.56 Å². The van der Waals surface area contributed by atoms with Gasteiger partial charge in [-0.3, -0.25) is 20.2 Å². The minimum Gasteiger partial charge on any atom is -0.339 e. The number of nitrogens with one attached hydrogen (secondary N) is 1. The summed E-state index contributed by atoms with van der Waals surface area (Å²) in [6.07, 6.45) is -4.57. The Morgan fingerprint density at radius 3 is 2.21 bits per heavy atom. The summed E-state index contributed by atoms with van der Waals surface area (Å²) in [4.78, 5) is 29.6. The van der Waals surface area contributed by atoms with Crippen LogP contribution < -0.4 is 5.32 Å². The fourth-order valence-corrected chi connectivity index (χ4v) is 3.12. The molecule has 166 valence electrons. The van der Waals surface area contributed by atoms with E-state index < -0.39 is 21.6 Å². The zero-order chi connectivity index (χ0) is 23.8. The number of benzene rings is 3. The third-order valence-electron chi connectivity index (χ3n) is 4.66. The van der Waals surface area contributed by atoms with Gasteiger partial charge in [0, 0.05) is 40.9 Å². The van der Waals surface area contributed by atoms with Crippen molar-refractivity contribution in [2.45, 2.75) is 6.18 Å². The average Bonchev–Trinajstić information content (AvgIpc) is 2.78. The summed E-state index contributed by atoms with van der Waals surface area (Å²) in [5, 5.41) is 25.4. The van der Waals surface area contributed by atoms with E-state index in [1.54, 1.807) is 0 Å². The Balaban J connectivity index is 1.89. The summed E-state index contributed by atoms with van der Waals surface area (Å²) in [5.41, 5.74) is -0.781. The van der Waals surface area contributed by atoms with Crippen LogP contribution in [0, 0.1) is 20.2 Å². The molecule has 4 rings (SSSR count). The summed E-state index contributed by atoms with van der Waals surface area (Å²) in [6, 6.07) is 13.7. The highest BCUT2D eigenvalue weighted by atomic mass is 19.4. The normalized spacial score (nSPS) is 11.4. The molecule has 1 aromatic heterocycles. The number of rotatable bonds is 5. The quantitative estimate of drug-likeness (QED) is 0.294. The first-order valence-electron chi connectivity index (χ1n) is 9.27. The molecule has 0 saturated heterocycles. The average molecular weight is 455 g/mol. The first kappa shape index (κ1) is 21.6. The molecule has 0 saturated carbocycles.